The fraction of sp³-hybridized carbons (Fsp3) is 0.182. The number of carboxylic acid groups (broad SMARTS) is 1. The second-order valence-corrected chi connectivity index (χ2v) is 8.40. The molecule has 0 atom stereocenters. The first-order chi connectivity index (χ1) is 15.3. The molecule has 0 aliphatic carbocycles. The average Bonchev–Trinajstić information content (AvgIpc) is 3.01. The summed E-state index contributed by atoms with van der Waals surface area (Å²) in [5, 5.41) is 11.7. The quantitative estimate of drug-likeness (QED) is 0.445. The van der Waals surface area contributed by atoms with E-state index in [2.05, 4.69) is 5.32 Å². The minimum Gasteiger partial charge on any atom is -0.493 e. The summed E-state index contributed by atoms with van der Waals surface area (Å²) in [6, 6.07) is 12.4. The van der Waals surface area contributed by atoms with Gasteiger partial charge in [-0.1, -0.05) is 48.2 Å². The van der Waals surface area contributed by atoms with Crippen LogP contribution in [0.4, 0.5) is 5.69 Å². The Balaban J connectivity index is 1.68. The summed E-state index contributed by atoms with van der Waals surface area (Å²) >= 11 is 6.13. The van der Waals surface area contributed by atoms with E-state index in [0.29, 0.717) is 27.7 Å². The van der Waals surface area contributed by atoms with Crippen molar-refractivity contribution in [2.45, 2.75) is 6.92 Å². The maximum Gasteiger partial charge on any atom is 0.323 e. The molecule has 2 amide bonds. The Kier molecular flexibility index (Phi) is 7.49. The third-order valence-corrected chi connectivity index (χ3v) is 5.81. The zero-order valence-corrected chi connectivity index (χ0v) is 18.9. The number of benzene rings is 2. The summed E-state index contributed by atoms with van der Waals surface area (Å²) in [5.74, 6) is -1.18. The SMILES string of the molecule is COc1cc(C=C2SC(=S)N(CC(=O)O)C2=O)ccc1OCC(=O)Nc1ccccc1C. The number of carboxylic acids is 1. The molecular formula is C22H20N2O6S2. The molecule has 166 valence electrons. The maximum atomic E-state index is 12.4. The van der Waals surface area contributed by atoms with Crippen LogP contribution in [0, 0.1) is 6.92 Å². The number of carbonyl (C=O) groups excluding carboxylic acids is 2. The van der Waals surface area contributed by atoms with Crippen molar-refractivity contribution < 1.29 is 29.0 Å². The van der Waals surface area contributed by atoms with Crippen molar-refractivity contribution in [2.24, 2.45) is 0 Å². The first kappa shape index (κ1) is 23.3. The van der Waals surface area contributed by atoms with E-state index in [9.17, 15) is 14.4 Å². The second kappa shape index (κ2) is 10.3. The molecule has 0 aromatic heterocycles. The van der Waals surface area contributed by atoms with Crippen LogP contribution < -0.4 is 14.8 Å². The van der Waals surface area contributed by atoms with Crippen molar-refractivity contribution >= 4 is 57.8 Å². The molecule has 1 aliphatic heterocycles. The molecule has 0 radical (unpaired) electrons. The smallest absolute Gasteiger partial charge is 0.323 e. The number of methoxy groups -OCH3 is 1. The number of aliphatic carboxylic acids is 1. The van der Waals surface area contributed by atoms with Crippen LogP contribution in [0.5, 0.6) is 11.5 Å². The maximum absolute atomic E-state index is 12.4. The molecular weight excluding hydrogens is 452 g/mol. The van der Waals surface area contributed by atoms with E-state index in [0.717, 1.165) is 22.2 Å². The van der Waals surface area contributed by atoms with E-state index in [1.54, 1.807) is 24.3 Å². The zero-order valence-electron chi connectivity index (χ0n) is 17.3. The standard InChI is InChI=1S/C22H20N2O6S2/c1-13-5-3-4-6-15(13)23-19(25)12-30-16-8-7-14(9-17(16)29-2)10-18-21(28)24(11-20(26)27)22(31)32-18/h3-10H,11-12H2,1-2H3,(H,23,25)(H,26,27). The monoisotopic (exact) mass is 472 g/mol. The minimum absolute atomic E-state index is 0.190. The number of thioether (sulfide) groups is 1. The van der Waals surface area contributed by atoms with E-state index < -0.39 is 18.4 Å². The van der Waals surface area contributed by atoms with Crippen LogP contribution in [0.3, 0.4) is 0 Å². The number of nitrogens with one attached hydrogen (secondary N) is 1. The molecule has 3 rings (SSSR count). The Hall–Kier alpha value is -3.37. The van der Waals surface area contributed by atoms with Gasteiger partial charge >= 0.3 is 5.97 Å². The van der Waals surface area contributed by atoms with E-state index in [1.807, 2.05) is 31.2 Å². The fourth-order valence-electron chi connectivity index (χ4n) is 2.86. The first-order valence-electron chi connectivity index (χ1n) is 9.42. The van der Waals surface area contributed by atoms with Crippen LogP contribution in [-0.4, -0.2) is 52.4 Å². The number of para-hydroxylation sites is 1. The summed E-state index contributed by atoms with van der Waals surface area (Å²) in [6.45, 7) is 1.20. The molecule has 1 fully saturated rings. The summed E-state index contributed by atoms with van der Waals surface area (Å²) in [4.78, 5) is 36.9. The van der Waals surface area contributed by atoms with Gasteiger partial charge in [-0.2, -0.15) is 0 Å². The summed E-state index contributed by atoms with van der Waals surface area (Å²) in [6.07, 6.45) is 1.60. The van der Waals surface area contributed by atoms with Gasteiger partial charge < -0.3 is 19.9 Å². The molecule has 0 bridgehead atoms. The van der Waals surface area contributed by atoms with Crippen LogP contribution in [0.1, 0.15) is 11.1 Å². The Morgan fingerprint density at radius 2 is 1.97 bits per heavy atom. The van der Waals surface area contributed by atoms with E-state index >= 15 is 0 Å². The third kappa shape index (κ3) is 5.65. The lowest BCUT2D eigenvalue weighted by atomic mass is 10.2. The third-order valence-electron chi connectivity index (χ3n) is 4.43. The number of thiocarbonyl (C=S) groups is 1. The minimum atomic E-state index is -1.14. The van der Waals surface area contributed by atoms with Gasteiger partial charge in [-0.15, -0.1) is 0 Å². The number of hydrogen-bond donors (Lipinski definition) is 2. The normalized spacial score (nSPS) is 14.6. The van der Waals surface area contributed by atoms with Gasteiger partial charge in [0.05, 0.1) is 12.0 Å². The lowest BCUT2D eigenvalue weighted by Crippen LogP contribution is -2.33. The van der Waals surface area contributed by atoms with E-state index in [1.165, 1.54) is 7.11 Å². The Bertz CT molecular complexity index is 1120. The topological polar surface area (TPSA) is 105 Å². The van der Waals surface area contributed by atoms with E-state index in [-0.39, 0.29) is 16.8 Å². The molecule has 2 N–H and O–H groups in total. The highest BCUT2D eigenvalue weighted by Gasteiger charge is 2.33. The van der Waals surface area contributed by atoms with Gasteiger partial charge in [0.25, 0.3) is 11.8 Å². The van der Waals surface area contributed by atoms with Crippen LogP contribution >= 0.6 is 24.0 Å². The summed E-state index contributed by atoms with van der Waals surface area (Å²) < 4.78 is 11.1. The van der Waals surface area contributed by atoms with Gasteiger partial charge in [0, 0.05) is 5.69 Å². The molecule has 1 saturated heterocycles. The largest absolute Gasteiger partial charge is 0.493 e. The highest BCUT2D eigenvalue weighted by molar-refractivity contribution is 8.26. The number of amides is 2. The zero-order chi connectivity index (χ0) is 23.3. The van der Waals surface area contributed by atoms with Crippen LogP contribution in [0.25, 0.3) is 6.08 Å². The van der Waals surface area contributed by atoms with Crippen LogP contribution in [-0.2, 0) is 14.4 Å². The Morgan fingerprint density at radius 3 is 2.66 bits per heavy atom. The highest BCUT2D eigenvalue weighted by Crippen LogP contribution is 2.34. The molecule has 2 aromatic carbocycles. The Morgan fingerprint density at radius 1 is 1.22 bits per heavy atom. The molecule has 1 heterocycles. The first-order valence-corrected chi connectivity index (χ1v) is 10.6. The molecule has 8 nitrogen and oxygen atoms in total. The number of carbonyl (C=O) groups is 3. The van der Waals surface area contributed by atoms with Gasteiger partial charge in [0.15, 0.2) is 18.1 Å². The fourth-order valence-corrected chi connectivity index (χ4v) is 4.11. The van der Waals surface area contributed by atoms with Crippen LogP contribution in [0.2, 0.25) is 0 Å². The predicted octanol–water partition coefficient (Wildman–Crippen LogP) is 3.31. The molecule has 0 saturated carbocycles. The molecule has 1 aliphatic rings. The average molecular weight is 473 g/mol. The highest BCUT2D eigenvalue weighted by atomic mass is 32.2. The van der Waals surface area contributed by atoms with Crippen molar-refractivity contribution in [3.63, 3.8) is 0 Å². The molecule has 10 heteroatoms. The van der Waals surface area contributed by atoms with Gasteiger partial charge in [0.1, 0.15) is 10.9 Å². The van der Waals surface area contributed by atoms with Gasteiger partial charge in [-0.05, 0) is 42.3 Å². The van der Waals surface area contributed by atoms with Crippen molar-refractivity contribution in [1.29, 1.82) is 0 Å². The van der Waals surface area contributed by atoms with Crippen molar-refractivity contribution in [2.75, 3.05) is 25.6 Å². The van der Waals surface area contributed by atoms with Crippen molar-refractivity contribution in [3.8, 4) is 11.5 Å². The van der Waals surface area contributed by atoms with Crippen LogP contribution in [0.15, 0.2) is 47.4 Å². The molecule has 0 unspecified atom stereocenters. The number of aryl methyl sites for hydroxylation is 1. The molecule has 2 aromatic rings. The summed E-state index contributed by atoms with van der Waals surface area (Å²) in [5.41, 5.74) is 2.29. The van der Waals surface area contributed by atoms with Gasteiger partial charge in [-0.25, -0.2) is 0 Å². The van der Waals surface area contributed by atoms with Gasteiger partial charge in [0.2, 0.25) is 0 Å². The number of hydrogen-bond acceptors (Lipinski definition) is 7. The van der Waals surface area contributed by atoms with E-state index in [4.69, 9.17) is 26.8 Å². The lowest BCUT2D eigenvalue weighted by molar-refractivity contribution is -0.140. The summed E-state index contributed by atoms with van der Waals surface area (Å²) in [7, 11) is 1.46. The number of ether oxygens (including phenoxy) is 2. The molecule has 32 heavy (non-hydrogen) atoms. The Labute approximate surface area is 194 Å². The molecule has 0 spiro atoms. The number of anilines is 1. The number of rotatable bonds is 8. The van der Waals surface area contributed by atoms with Crippen molar-refractivity contribution in [3.05, 3.63) is 58.5 Å². The lowest BCUT2D eigenvalue weighted by Gasteiger charge is -2.12. The van der Waals surface area contributed by atoms with Gasteiger partial charge in [-0.3, -0.25) is 19.3 Å². The van der Waals surface area contributed by atoms with Crippen molar-refractivity contribution in [1.82, 2.24) is 4.90 Å². The number of nitrogens with zero attached hydrogens (tertiary/aromatic N) is 1. The predicted molar refractivity (Wildman–Crippen MR) is 126 cm³/mol. The second-order valence-electron chi connectivity index (χ2n) is 6.72.